The molecule has 0 atom stereocenters. The van der Waals surface area contributed by atoms with Crippen molar-refractivity contribution in [3.63, 3.8) is 0 Å². The van der Waals surface area contributed by atoms with Gasteiger partial charge in [0, 0.05) is 5.02 Å². The van der Waals surface area contributed by atoms with Crippen LogP contribution < -0.4 is 4.74 Å². The summed E-state index contributed by atoms with van der Waals surface area (Å²) >= 11 is 11.7. The maximum Gasteiger partial charge on any atom is 0.297 e. The molecule has 0 radical (unpaired) electrons. The van der Waals surface area contributed by atoms with Crippen LogP contribution in [-0.4, -0.2) is 21.6 Å². The average molecular weight is 373 g/mol. The summed E-state index contributed by atoms with van der Waals surface area (Å²) in [5.74, 6) is 0.410. The molecule has 2 aromatic rings. The third-order valence-electron chi connectivity index (χ3n) is 2.88. The molecule has 4 nitrogen and oxygen atoms in total. The molecule has 0 amide bonds. The molecule has 0 aromatic heterocycles. The predicted molar refractivity (Wildman–Crippen MR) is 91.6 cm³/mol. The molecule has 0 saturated heterocycles. The van der Waals surface area contributed by atoms with E-state index in [9.17, 15) is 8.42 Å². The van der Waals surface area contributed by atoms with E-state index in [0.29, 0.717) is 15.8 Å². The lowest BCUT2D eigenvalue weighted by Gasteiger charge is -2.09. The predicted octanol–water partition coefficient (Wildman–Crippen LogP) is 4.42. The van der Waals surface area contributed by atoms with Crippen LogP contribution in [-0.2, 0) is 14.3 Å². The zero-order valence-corrected chi connectivity index (χ0v) is 14.4. The lowest BCUT2D eigenvalue weighted by atomic mass is 10.2. The highest BCUT2D eigenvalue weighted by atomic mass is 35.5. The Hall–Kier alpha value is -1.53. The van der Waals surface area contributed by atoms with Crippen molar-refractivity contribution in [1.82, 2.24) is 0 Å². The number of rotatable bonds is 7. The number of halogens is 2. The van der Waals surface area contributed by atoms with Crippen LogP contribution in [0.1, 0.15) is 5.56 Å². The Bertz CT molecular complexity index is 786. The highest BCUT2D eigenvalue weighted by molar-refractivity contribution is 7.86. The summed E-state index contributed by atoms with van der Waals surface area (Å²) < 4.78 is 34.3. The third-order valence-corrected chi connectivity index (χ3v) is 4.73. The Morgan fingerprint density at radius 2 is 1.74 bits per heavy atom. The minimum atomic E-state index is -3.82. The van der Waals surface area contributed by atoms with Gasteiger partial charge in [0.1, 0.15) is 19.0 Å². The van der Waals surface area contributed by atoms with Crippen molar-refractivity contribution in [2.45, 2.75) is 4.90 Å². The van der Waals surface area contributed by atoms with Gasteiger partial charge in [0.05, 0.1) is 9.92 Å². The van der Waals surface area contributed by atoms with E-state index in [1.165, 1.54) is 18.2 Å². The Labute approximate surface area is 145 Å². The van der Waals surface area contributed by atoms with E-state index < -0.39 is 10.1 Å². The second-order valence-electron chi connectivity index (χ2n) is 4.47. The smallest absolute Gasteiger partial charge is 0.297 e. The van der Waals surface area contributed by atoms with Crippen LogP contribution in [0, 0.1) is 0 Å². The van der Waals surface area contributed by atoms with Crippen LogP contribution in [0.25, 0.3) is 6.08 Å². The van der Waals surface area contributed by atoms with Crippen molar-refractivity contribution >= 4 is 39.4 Å². The van der Waals surface area contributed by atoms with Crippen molar-refractivity contribution in [3.8, 4) is 5.75 Å². The fourth-order valence-corrected chi connectivity index (χ4v) is 3.08. The molecular weight excluding hydrogens is 359 g/mol. The zero-order valence-electron chi connectivity index (χ0n) is 12.0. The Morgan fingerprint density at radius 1 is 1.04 bits per heavy atom. The summed E-state index contributed by atoms with van der Waals surface area (Å²) in [6.45, 7) is 3.51. The first-order valence-corrected chi connectivity index (χ1v) is 8.78. The molecular formula is C16H14Cl2O4S. The number of hydrogen-bond acceptors (Lipinski definition) is 4. The molecule has 0 bridgehead atoms. The molecule has 0 aliphatic heterocycles. The van der Waals surface area contributed by atoms with Crippen molar-refractivity contribution in [1.29, 1.82) is 0 Å². The van der Waals surface area contributed by atoms with Gasteiger partial charge in [-0.1, -0.05) is 48.0 Å². The fraction of sp³-hybridized carbons (Fsp3) is 0.125. The monoisotopic (exact) mass is 372 g/mol. The first kappa shape index (κ1) is 17.8. The molecule has 7 heteroatoms. The molecule has 2 rings (SSSR count). The van der Waals surface area contributed by atoms with Crippen molar-refractivity contribution in [3.05, 3.63) is 64.7 Å². The standard InChI is InChI=1S/C16H14Cl2O4S/c1-2-12-3-6-14(7-4-12)23(19,20)22-10-9-21-16-8-5-13(17)11-15(16)18/h2-8,11H,1,9-10H2. The van der Waals surface area contributed by atoms with Crippen LogP contribution >= 0.6 is 23.2 Å². The van der Waals surface area contributed by atoms with E-state index in [4.69, 9.17) is 32.1 Å². The van der Waals surface area contributed by atoms with Gasteiger partial charge in [0.25, 0.3) is 10.1 Å². The Morgan fingerprint density at radius 3 is 2.35 bits per heavy atom. The molecule has 0 spiro atoms. The van der Waals surface area contributed by atoms with Crippen LogP contribution in [0.5, 0.6) is 5.75 Å². The second-order valence-corrected chi connectivity index (χ2v) is 6.93. The second kappa shape index (κ2) is 7.84. The van der Waals surface area contributed by atoms with Crippen LogP contribution in [0.4, 0.5) is 0 Å². The first-order valence-electron chi connectivity index (χ1n) is 6.62. The highest BCUT2D eigenvalue weighted by Crippen LogP contribution is 2.27. The molecule has 0 saturated carbocycles. The lowest BCUT2D eigenvalue weighted by Crippen LogP contribution is -2.13. The van der Waals surface area contributed by atoms with E-state index in [0.717, 1.165) is 5.56 Å². The number of benzene rings is 2. The zero-order chi connectivity index (χ0) is 16.9. The summed E-state index contributed by atoms with van der Waals surface area (Å²) in [4.78, 5) is 0.0765. The normalized spacial score (nSPS) is 11.2. The van der Waals surface area contributed by atoms with E-state index in [2.05, 4.69) is 6.58 Å². The van der Waals surface area contributed by atoms with Gasteiger partial charge in [-0.3, -0.25) is 4.18 Å². The maximum absolute atomic E-state index is 12.0. The van der Waals surface area contributed by atoms with Crippen molar-refractivity contribution < 1.29 is 17.3 Å². The summed E-state index contributed by atoms with van der Waals surface area (Å²) in [6, 6.07) is 11.0. The Balaban J connectivity index is 1.90. The minimum Gasteiger partial charge on any atom is -0.490 e. The van der Waals surface area contributed by atoms with Crippen LogP contribution in [0.15, 0.2) is 53.9 Å². The van der Waals surface area contributed by atoms with Gasteiger partial charge in [0.2, 0.25) is 0 Å². The number of ether oxygens (including phenoxy) is 1. The van der Waals surface area contributed by atoms with Crippen LogP contribution in [0.3, 0.4) is 0 Å². The van der Waals surface area contributed by atoms with Gasteiger partial charge in [-0.2, -0.15) is 8.42 Å². The van der Waals surface area contributed by atoms with Gasteiger partial charge in [-0.05, 0) is 35.9 Å². The minimum absolute atomic E-state index is 0.0331. The van der Waals surface area contributed by atoms with E-state index in [-0.39, 0.29) is 18.1 Å². The van der Waals surface area contributed by atoms with E-state index in [1.807, 2.05) is 0 Å². The van der Waals surface area contributed by atoms with Gasteiger partial charge >= 0.3 is 0 Å². The van der Waals surface area contributed by atoms with Gasteiger partial charge < -0.3 is 4.74 Å². The largest absolute Gasteiger partial charge is 0.490 e. The first-order chi connectivity index (χ1) is 10.9. The lowest BCUT2D eigenvalue weighted by molar-refractivity contribution is 0.221. The maximum atomic E-state index is 12.0. The molecule has 0 heterocycles. The summed E-state index contributed by atoms with van der Waals surface area (Å²) in [5.41, 5.74) is 0.824. The topological polar surface area (TPSA) is 52.6 Å². The summed E-state index contributed by atoms with van der Waals surface area (Å²) in [6.07, 6.45) is 1.63. The molecule has 2 aromatic carbocycles. The average Bonchev–Trinajstić information content (AvgIpc) is 2.53. The molecule has 0 unspecified atom stereocenters. The SMILES string of the molecule is C=Cc1ccc(S(=O)(=O)OCCOc2ccc(Cl)cc2Cl)cc1. The van der Waals surface area contributed by atoms with Crippen LogP contribution in [0.2, 0.25) is 10.0 Å². The molecule has 122 valence electrons. The van der Waals surface area contributed by atoms with Crippen molar-refractivity contribution in [2.24, 2.45) is 0 Å². The molecule has 0 N–H and O–H groups in total. The summed E-state index contributed by atoms with van der Waals surface area (Å²) in [7, 11) is -3.82. The number of hydrogen-bond donors (Lipinski definition) is 0. The highest BCUT2D eigenvalue weighted by Gasteiger charge is 2.14. The van der Waals surface area contributed by atoms with E-state index >= 15 is 0 Å². The van der Waals surface area contributed by atoms with Gasteiger partial charge in [-0.15, -0.1) is 0 Å². The van der Waals surface area contributed by atoms with E-state index in [1.54, 1.807) is 30.3 Å². The molecule has 23 heavy (non-hydrogen) atoms. The quantitative estimate of drug-likeness (QED) is 0.533. The fourth-order valence-electron chi connectivity index (χ4n) is 1.73. The van der Waals surface area contributed by atoms with Gasteiger partial charge in [0.15, 0.2) is 0 Å². The molecule has 0 fully saturated rings. The Kier molecular flexibility index (Phi) is 6.07. The summed E-state index contributed by atoms with van der Waals surface area (Å²) in [5, 5.41) is 0.838. The van der Waals surface area contributed by atoms with Crippen molar-refractivity contribution in [2.75, 3.05) is 13.2 Å². The molecule has 0 aliphatic rings. The van der Waals surface area contributed by atoms with Gasteiger partial charge in [-0.25, -0.2) is 0 Å². The molecule has 0 aliphatic carbocycles. The third kappa shape index (κ3) is 4.97.